The Morgan fingerprint density at radius 1 is 1.06 bits per heavy atom. The van der Waals surface area contributed by atoms with Crippen molar-refractivity contribution in [2.75, 3.05) is 6.79 Å². The fraction of sp³-hybridized carbons (Fsp3) is 0.385. The summed E-state index contributed by atoms with van der Waals surface area (Å²) in [5.74, 6) is 2.71. The molecule has 1 unspecified atom stereocenters. The summed E-state index contributed by atoms with van der Waals surface area (Å²) >= 11 is 5.97. The molecule has 1 atom stereocenters. The van der Waals surface area contributed by atoms with Crippen molar-refractivity contribution in [3.63, 3.8) is 0 Å². The van der Waals surface area contributed by atoms with Crippen LogP contribution in [0.5, 0.6) is 11.5 Å². The van der Waals surface area contributed by atoms with Crippen molar-refractivity contribution in [1.82, 2.24) is 4.98 Å². The lowest BCUT2D eigenvalue weighted by Crippen LogP contribution is -2.20. The monoisotopic (exact) mass is 433 g/mol. The van der Waals surface area contributed by atoms with Crippen LogP contribution in [0.1, 0.15) is 49.1 Å². The van der Waals surface area contributed by atoms with Crippen LogP contribution in [-0.2, 0) is 11.2 Å². The Hall–Kier alpha value is -2.59. The predicted molar refractivity (Wildman–Crippen MR) is 120 cm³/mol. The highest BCUT2D eigenvalue weighted by Crippen LogP contribution is 2.63. The topological polar surface area (TPSA) is 48.4 Å². The maximum Gasteiger partial charge on any atom is 0.231 e. The number of halogens is 1. The molecule has 1 aromatic heterocycles. The minimum absolute atomic E-state index is 0.229. The third kappa shape index (κ3) is 3.38. The first-order chi connectivity index (χ1) is 15.1. The molecule has 2 fully saturated rings. The van der Waals surface area contributed by atoms with Crippen molar-refractivity contribution >= 4 is 28.3 Å². The van der Waals surface area contributed by atoms with Crippen LogP contribution in [0, 0.1) is 11.3 Å². The summed E-state index contributed by atoms with van der Waals surface area (Å²) in [7, 11) is 0. The van der Waals surface area contributed by atoms with E-state index in [0.29, 0.717) is 23.1 Å². The number of hydrogen-bond donors (Lipinski definition) is 0. The highest BCUT2D eigenvalue weighted by molar-refractivity contribution is 6.30. The summed E-state index contributed by atoms with van der Waals surface area (Å²) in [4.78, 5) is 17.4. The second-order valence-electron chi connectivity index (χ2n) is 9.29. The van der Waals surface area contributed by atoms with E-state index in [1.165, 1.54) is 10.9 Å². The Morgan fingerprint density at radius 3 is 2.58 bits per heavy atom. The normalized spacial score (nSPS) is 26.4. The minimum Gasteiger partial charge on any atom is -0.454 e. The molecule has 2 saturated carbocycles. The van der Waals surface area contributed by atoms with Crippen molar-refractivity contribution < 1.29 is 14.3 Å². The number of rotatable bonds is 4. The number of hydrogen-bond acceptors (Lipinski definition) is 4. The van der Waals surface area contributed by atoms with E-state index < -0.39 is 0 Å². The molecule has 0 saturated heterocycles. The molecule has 2 aromatic carbocycles. The first kappa shape index (κ1) is 19.1. The van der Waals surface area contributed by atoms with Crippen LogP contribution < -0.4 is 9.47 Å². The van der Waals surface area contributed by atoms with Crippen molar-refractivity contribution in [2.24, 2.45) is 11.3 Å². The number of carbonyl (C=O) groups is 1. The number of Topliss-reactive ketones (excluding diaryl/α,β-unsaturated/α-hetero) is 1. The Labute approximate surface area is 186 Å². The van der Waals surface area contributed by atoms with Crippen LogP contribution >= 0.6 is 11.6 Å². The molecule has 0 N–H and O–H groups in total. The molecule has 6 rings (SSSR count). The second kappa shape index (κ2) is 7.23. The molecule has 2 heterocycles. The lowest BCUT2D eigenvalue weighted by Gasteiger charge is -2.30. The number of aromatic nitrogens is 1. The SMILES string of the molecule is O=C(Cc1ccc(Cl)cc1)C1CC12CCC(c1ccnc3cc4c(cc13)OCO4)CC2. The van der Waals surface area contributed by atoms with Gasteiger partial charge in [0.15, 0.2) is 11.5 Å². The average molecular weight is 434 g/mol. The van der Waals surface area contributed by atoms with Crippen LogP contribution in [0.2, 0.25) is 5.02 Å². The molecule has 4 nitrogen and oxygen atoms in total. The fourth-order valence-electron chi connectivity index (χ4n) is 5.70. The number of fused-ring (bicyclic) bond motifs is 2. The molecule has 1 aliphatic heterocycles. The zero-order chi connectivity index (χ0) is 21.0. The molecule has 5 heteroatoms. The van der Waals surface area contributed by atoms with Crippen molar-refractivity contribution in [2.45, 2.75) is 44.4 Å². The first-order valence-electron chi connectivity index (χ1n) is 11.1. The van der Waals surface area contributed by atoms with Gasteiger partial charge in [-0.15, -0.1) is 0 Å². The molecule has 3 aromatic rings. The van der Waals surface area contributed by atoms with Gasteiger partial charge in [-0.3, -0.25) is 9.78 Å². The van der Waals surface area contributed by atoms with Gasteiger partial charge < -0.3 is 9.47 Å². The standard InChI is InChI=1S/C26H24ClNO3/c27-18-3-1-16(2-4-18)11-23(29)21-14-26(21)8-5-17(6-9-26)19-7-10-28-22-13-25-24(12-20(19)22)30-15-31-25/h1-4,7,10,12-13,17,21H,5-6,8-9,11,14-15H2. The molecule has 0 amide bonds. The Morgan fingerprint density at radius 2 is 1.81 bits per heavy atom. The Balaban J connectivity index is 1.15. The van der Waals surface area contributed by atoms with Gasteiger partial charge in [0, 0.05) is 35.0 Å². The summed E-state index contributed by atoms with van der Waals surface area (Å²) in [6.07, 6.45) is 7.99. The summed E-state index contributed by atoms with van der Waals surface area (Å²) in [6, 6.07) is 13.9. The molecule has 158 valence electrons. The molecule has 0 radical (unpaired) electrons. The Kier molecular flexibility index (Phi) is 4.46. The highest BCUT2D eigenvalue weighted by atomic mass is 35.5. The maximum atomic E-state index is 12.9. The van der Waals surface area contributed by atoms with Gasteiger partial charge in [0.2, 0.25) is 6.79 Å². The molecular formula is C26H24ClNO3. The summed E-state index contributed by atoms with van der Waals surface area (Å²) in [6.45, 7) is 0.276. The largest absolute Gasteiger partial charge is 0.454 e. The number of carbonyl (C=O) groups excluding carboxylic acids is 1. The fourth-order valence-corrected chi connectivity index (χ4v) is 5.82. The van der Waals surface area contributed by atoms with Gasteiger partial charge >= 0.3 is 0 Å². The number of ether oxygens (including phenoxy) is 2. The van der Waals surface area contributed by atoms with Gasteiger partial charge in [0.05, 0.1) is 5.52 Å². The lowest BCUT2D eigenvalue weighted by molar-refractivity contribution is -0.120. The Bertz CT molecular complexity index is 1170. The maximum absolute atomic E-state index is 12.9. The van der Waals surface area contributed by atoms with E-state index >= 15 is 0 Å². The van der Waals surface area contributed by atoms with Gasteiger partial charge in [-0.2, -0.15) is 0 Å². The number of nitrogens with zero attached hydrogens (tertiary/aromatic N) is 1. The van der Waals surface area contributed by atoms with E-state index in [9.17, 15) is 4.79 Å². The second-order valence-corrected chi connectivity index (χ2v) is 9.72. The zero-order valence-corrected chi connectivity index (χ0v) is 18.0. The third-order valence-electron chi connectivity index (χ3n) is 7.56. The number of ketones is 1. The van der Waals surface area contributed by atoms with Gasteiger partial charge in [-0.25, -0.2) is 0 Å². The molecule has 0 bridgehead atoms. The van der Waals surface area contributed by atoms with Gasteiger partial charge in [-0.05, 0) is 78.8 Å². The molecule has 3 aliphatic rings. The smallest absolute Gasteiger partial charge is 0.231 e. The van der Waals surface area contributed by atoms with E-state index in [2.05, 4.69) is 17.1 Å². The lowest BCUT2D eigenvalue weighted by atomic mass is 9.74. The molecule has 1 spiro atoms. The van der Waals surface area contributed by atoms with E-state index in [1.54, 1.807) is 0 Å². The summed E-state index contributed by atoms with van der Waals surface area (Å²) < 4.78 is 11.1. The highest BCUT2D eigenvalue weighted by Gasteiger charge is 2.57. The quantitative estimate of drug-likeness (QED) is 0.499. The van der Waals surface area contributed by atoms with E-state index in [-0.39, 0.29) is 18.1 Å². The number of pyridine rings is 1. The van der Waals surface area contributed by atoms with Crippen molar-refractivity contribution in [1.29, 1.82) is 0 Å². The van der Waals surface area contributed by atoms with E-state index in [4.69, 9.17) is 21.1 Å². The molecule has 2 aliphatic carbocycles. The van der Waals surface area contributed by atoms with Crippen LogP contribution in [0.15, 0.2) is 48.7 Å². The van der Waals surface area contributed by atoms with Crippen LogP contribution in [-0.4, -0.2) is 17.6 Å². The van der Waals surface area contributed by atoms with Crippen LogP contribution in [0.4, 0.5) is 0 Å². The predicted octanol–water partition coefficient (Wildman–Crippen LogP) is 6.09. The van der Waals surface area contributed by atoms with Gasteiger partial charge in [0.1, 0.15) is 5.78 Å². The van der Waals surface area contributed by atoms with Crippen molar-refractivity contribution in [3.05, 3.63) is 64.8 Å². The minimum atomic E-state index is 0.229. The third-order valence-corrected chi connectivity index (χ3v) is 7.81. The van der Waals surface area contributed by atoms with Crippen molar-refractivity contribution in [3.8, 4) is 11.5 Å². The average Bonchev–Trinajstić information content (AvgIpc) is 3.28. The van der Waals surface area contributed by atoms with Gasteiger partial charge in [-0.1, -0.05) is 23.7 Å². The summed E-state index contributed by atoms with van der Waals surface area (Å²) in [5, 5.41) is 1.88. The first-order valence-corrected chi connectivity index (χ1v) is 11.4. The number of benzene rings is 2. The molecular weight excluding hydrogens is 410 g/mol. The van der Waals surface area contributed by atoms with Crippen LogP contribution in [0.25, 0.3) is 10.9 Å². The van der Waals surface area contributed by atoms with Gasteiger partial charge in [0.25, 0.3) is 0 Å². The zero-order valence-electron chi connectivity index (χ0n) is 17.3. The molecule has 31 heavy (non-hydrogen) atoms. The van der Waals surface area contributed by atoms with E-state index in [1.807, 2.05) is 36.5 Å². The summed E-state index contributed by atoms with van der Waals surface area (Å²) in [5.41, 5.74) is 3.61. The van der Waals surface area contributed by atoms with E-state index in [0.717, 1.165) is 54.7 Å². The van der Waals surface area contributed by atoms with Crippen LogP contribution in [0.3, 0.4) is 0 Å².